The van der Waals surface area contributed by atoms with Gasteiger partial charge in [0.25, 0.3) is 0 Å². The molecule has 0 radical (unpaired) electrons. The van der Waals surface area contributed by atoms with E-state index in [0.717, 1.165) is 23.7 Å². The van der Waals surface area contributed by atoms with Crippen LogP contribution in [0.15, 0.2) is 0 Å². The van der Waals surface area contributed by atoms with Gasteiger partial charge in [0, 0.05) is 5.54 Å². The summed E-state index contributed by atoms with van der Waals surface area (Å²) in [4.78, 5) is 0. The van der Waals surface area contributed by atoms with Gasteiger partial charge in [-0.3, -0.25) is 0 Å². The Morgan fingerprint density at radius 1 is 1.00 bits per heavy atom. The maximum absolute atomic E-state index is 7.25. The average Bonchev–Trinajstić information content (AvgIpc) is 2.85. The highest BCUT2D eigenvalue weighted by Gasteiger charge is 2.90. The second kappa shape index (κ2) is 4.81. The van der Waals surface area contributed by atoms with Gasteiger partial charge in [-0.05, 0) is 84.9 Å². The highest BCUT2D eigenvalue weighted by Crippen LogP contribution is 2.93. The van der Waals surface area contributed by atoms with E-state index in [2.05, 4.69) is 20.8 Å². The molecule has 5 saturated carbocycles. The molecule has 5 fully saturated rings. The van der Waals surface area contributed by atoms with E-state index in [9.17, 15) is 0 Å². The lowest BCUT2D eigenvalue weighted by Crippen LogP contribution is -2.50. The predicted octanol–water partition coefficient (Wildman–Crippen LogP) is 5.92. The summed E-state index contributed by atoms with van der Waals surface area (Å²) >= 11 is 0. The van der Waals surface area contributed by atoms with E-state index >= 15 is 0 Å². The van der Waals surface area contributed by atoms with Gasteiger partial charge in [-0.2, -0.15) is 0 Å². The van der Waals surface area contributed by atoms with Crippen LogP contribution >= 0.6 is 0 Å². The Labute approximate surface area is 149 Å². The lowest BCUT2D eigenvalue weighted by molar-refractivity contribution is -0.0180. The Morgan fingerprint density at radius 3 is 2.58 bits per heavy atom. The zero-order valence-electron chi connectivity index (χ0n) is 16.4. The van der Waals surface area contributed by atoms with E-state index in [1.165, 1.54) is 77.0 Å². The second-order valence-corrected chi connectivity index (χ2v) is 10.8. The highest BCUT2D eigenvalue weighted by molar-refractivity contribution is 5.40. The minimum absolute atomic E-state index is 0.210. The topological polar surface area (TPSA) is 26.0 Å². The van der Waals surface area contributed by atoms with Crippen LogP contribution in [0.5, 0.6) is 0 Å². The molecule has 0 aliphatic heterocycles. The molecule has 1 nitrogen and oxygen atoms in total. The van der Waals surface area contributed by atoms with Crippen LogP contribution in [-0.2, 0) is 0 Å². The first-order valence-electron chi connectivity index (χ1n) is 11.3. The molecule has 5 rings (SSSR count). The van der Waals surface area contributed by atoms with Gasteiger partial charge in [0.1, 0.15) is 0 Å². The third-order valence-corrected chi connectivity index (χ3v) is 10.7. The van der Waals surface area contributed by atoms with Crippen molar-refractivity contribution in [3.63, 3.8) is 0 Å². The third-order valence-electron chi connectivity index (χ3n) is 10.7. The molecule has 0 aromatic heterocycles. The fourth-order valence-electron chi connectivity index (χ4n) is 10.4. The summed E-state index contributed by atoms with van der Waals surface area (Å²) in [7, 11) is 0. The summed E-state index contributed by atoms with van der Waals surface area (Å²) in [5.74, 6) is 3.85. The van der Waals surface area contributed by atoms with Crippen molar-refractivity contribution in [3.05, 3.63) is 0 Å². The van der Waals surface area contributed by atoms with Gasteiger partial charge >= 0.3 is 0 Å². The van der Waals surface area contributed by atoms with Crippen molar-refractivity contribution in [2.75, 3.05) is 0 Å². The molecule has 0 heterocycles. The number of hydrogen-bond donors (Lipinski definition) is 1. The predicted molar refractivity (Wildman–Crippen MR) is 101 cm³/mol. The van der Waals surface area contributed by atoms with E-state index in [1.54, 1.807) is 0 Å². The molecule has 8 atom stereocenters. The quantitative estimate of drug-likeness (QED) is 0.683. The molecule has 0 bridgehead atoms. The number of hydrogen-bond acceptors (Lipinski definition) is 1. The summed E-state index contributed by atoms with van der Waals surface area (Å²) in [6.45, 7) is 7.63. The summed E-state index contributed by atoms with van der Waals surface area (Å²) < 4.78 is 0. The minimum Gasteiger partial charge on any atom is -0.325 e. The van der Waals surface area contributed by atoms with Crippen molar-refractivity contribution < 1.29 is 0 Å². The summed E-state index contributed by atoms with van der Waals surface area (Å²) in [5, 5.41) is 0. The van der Waals surface area contributed by atoms with Crippen LogP contribution in [0.4, 0.5) is 0 Å². The zero-order valence-corrected chi connectivity index (χ0v) is 16.4. The van der Waals surface area contributed by atoms with Crippen molar-refractivity contribution in [2.24, 2.45) is 45.7 Å². The van der Waals surface area contributed by atoms with Crippen LogP contribution in [0.1, 0.15) is 97.8 Å². The zero-order chi connectivity index (χ0) is 16.8. The van der Waals surface area contributed by atoms with Crippen LogP contribution in [-0.4, -0.2) is 5.54 Å². The molecule has 2 spiro atoms. The van der Waals surface area contributed by atoms with E-state index in [1.807, 2.05) is 0 Å². The lowest BCUT2D eigenvalue weighted by Gasteiger charge is -2.50. The number of nitrogens with two attached hydrogens (primary N) is 1. The number of fused-ring (bicyclic) bond motifs is 1. The van der Waals surface area contributed by atoms with Crippen molar-refractivity contribution in [1.82, 2.24) is 0 Å². The van der Waals surface area contributed by atoms with E-state index in [0.29, 0.717) is 16.2 Å². The Morgan fingerprint density at radius 2 is 1.79 bits per heavy atom. The fourth-order valence-corrected chi connectivity index (χ4v) is 10.4. The molecule has 24 heavy (non-hydrogen) atoms. The first kappa shape index (κ1) is 16.2. The minimum atomic E-state index is 0.210. The molecule has 1 heteroatoms. The van der Waals surface area contributed by atoms with Gasteiger partial charge in [0.05, 0.1) is 0 Å². The molecular weight excluding hydrogens is 290 g/mol. The van der Waals surface area contributed by atoms with Gasteiger partial charge < -0.3 is 5.73 Å². The molecule has 0 aromatic carbocycles. The van der Waals surface area contributed by atoms with E-state index in [-0.39, 0.29) is 5.54 Å². The highest BCUT2D eigenvalue weighted by atomic mass is 15.0. The molecule has 0 amide bonds. The molecule has 0 saturated heterocycles. The van der Waals surface area contributed by atoms with Gasteiger partial charge in [-0.15, -0.1) is 0 Å². The molecule has 2 N–H and O–H groups in total. The first-order chi connectivity index (χ1) is 11.5. The van der Waals surface area contributed by atoms with Crippen molar-refractivity contribution in [3.8, 4) is 0 Å². The second-order valence-electron chi connectivity index (χ2n) is 10.8. The van der Waals surface area contributed by atoms with Gasteiger partial charge in [0.15, 0.2) is 0 Å². The fraction of sp³-hybridized carbons (Fsp3) is 1.00. The van der Waals surface area contributed by atoms with Crippen molar-refractivity contribution in [2.45, 2.75) is 103 Å². The molecular formula is C23H39N. The maximum atomic E-state index is 7.25. The van der Waals surface area contributed by atoms with Crippen LogP contribution in [0.3, 0.4) is 0 Å². The van der Waals surface area contributed by atoms with Crippen LogP contribution in [0.25, 0.3) is 0 Å². The molecule has 136 valence electrons. The third kappa shape index (κ3) is 1.44. The molecule has 5 aliphatic rings. The standard InChI is InChI=1S/C23H39N/c1-4-8-16(2)20-11-7-9-18(20)23-17(3)15-21(24)12-5-6-13-22(21,23)19(23)10-14-20/h16-19H,4-15,24H2,1-3H3. The first-order valence-corrected chi connectivity index (χ1v) is 11.3. The average molecular weight is 330 g/mol. The van der Waals surface area contributed by atoms with Gasteiger partial charge in [-0.25, -0.2) is 0 Å². The molecule has 5 aliphatic carbocycles. The van der Waals surface area contributed by atoms with Crippen LogP contribution in [0.2, 0.25) is 0 Å². The molecule has 0 aromatic rings. The van der Waals surface area contributed by atoms with E-state index in [4.69, 9.17) is 5.73 Å². The van der Waals surface area contributed by atoms with Gasteiger partial charge in [0.2, 0.25) is 0 Å². The Kier molecular flexibility index (Phi) is 3.24. The Balaban J connectivity index is 1.60. The Bertz CT molecular complexity index is 542. The molecule has 8 unspecified atom stereocenters. The smallest absolute Gasteiger partial charge is 0.0222 e. The maximum Gasteiger partial charge on any atom is 0.0222 e. The SMILES string of the molecule is CCCC(C)C12CCCC1C13C(C)CC4(N)CCCCC41C3CC2. The van der Waals surface area contributed by atoms with Crippen molar-refractivity contribution >= 4 is 0 Å². The van der Waals surface area contributed by atoms with Gasteiger partial charge in [-0.1, -0.05) is 52.9 Å². The summed E-state index contributed by atoms with van der Waals surface area (Å²) in [6, 6.07) is 0. The van der Waals surface area contributed by atoms with Crippen LogP contribution in [0, 0.1) is 39.9 Å². The largest absolute Gasteiger partial charge is 0.325 e. The van der Waals surface area contributed by atoms with Crippen molar-refractivity contribution in [1.29, 1.82) is 0 Å². The number of rotatable bonds is 3. The van der Waals surface area contributed by atoms with Crippen LogP contribution < -0.4 is 5.73 Å². The Hall–Kier alpha value is -0.0400. The monoisotopic (exact) mass is 329 g/mol. The summed E-state index contributed by atoms with van der Waals surface area (Å²) in [5.41, 5.74) is 9.38. The lowest BCUT2D eigenvalue weighted by atomic mass is 9.54. The summed E-state index contributed by atoms with van der Waals surface area (Å²) in [6.07, 6.45) is 17.5. The normalized spacial score (nSPS) is 59.2. The van der Waals surface area contributed by atoms with E-state index < -0.39 is 0 Å².